The Morgan fingerprint density at radius 2 is 1.94 bits per heavy atom. The highest BCUT2D eigenvalue weighted by molar-refractivity contribution is 7.13. The lowest BCUT2D eigenvalue weighted by Crippen LogP contribution is -2.55. The monoisotopic (exact) mass is 488 g/mol. The molecule has 0 bridgehead atoms. The van der Waals surface area contributed by atoms with Crippen LogP contribution >= 0.6 is 11.3 Å². The van der Waals surface area contributed by atoms with E-state index < -0.39 is 29.7 Å². The highest BCUT2D eigenvalue weighted by Gasteiger charge is 2.46. The molecule has 2 heterocycles. The van der Waals surface area contributed by atoms with Gasteiger partial charge in [-0.25, -0.2) is 9.78 Å². The SMILES string of the molecule is Cc1ncsc1-c1ccc(CCNC(=O)[C@@H]2C[C@@H](O)CN2C(=O)C(C)(C)[C@H](C)NC(=O)O)cc1. The maximum atomic E-state index is 13.2. The minimum Gasteiger partial charge on any atom is -0.465 e. The molecule has 1 aromatic carbocycles. The number of β-amino-alcohol motifs (C(OH)–C–C–N with tert-alkyl or cyclic N) is 1. The molecule has 0 saturated carbocycles. The minimum absolute atomic E-state index is 0.0403. The number of aromatic nitrogens is 1. The summed E-state index contributed by atoms with van der Waals surface area (Å²) in [7, 11) is 0. The second-order valence-corrected chi connectivity index (χ2v) is 10.1. The zero-order chi connectivity index (χ0) is 25.0. The third-order valence-electron chi connectivity index (χ3n) is 6.49. The van der Waals surface area contributed by atoms with E-state index in [0.717, 1.165) is 21.7 Å². The minimum atomic E-state index is -1.22. The van der Waals surface area contributed by atoms with Gasteiger partial charge >= 0.3 is 6.09 Å². The van der Waals surface area contributed by atoms with Crippen molar-refractivity contribution in [2.45, 2.75) is 58.7 Å². The Morgan fingerprint density at radius 1 is 1.26 bits per heavy atom. The second kappa shape index (κ2) is 10.5. The zero-order valence-electron chi connectivity index (χ0n) is 19.9. The standard InChI is InChI=1S/C24H32N4O5S/c1-14-20(34-13-26-14)17-7-5-16(6-8-17)9-10-25-21(30)19-11-18(29)12-28(19)22(31)24(3,4)15(2)27-23(32)33/h5-8,13,15,18-19,27,29H,9-12H2,1-4H3,(H,25,30)(H,32,33)/t15-,18+,19-/m0/s1. The zero-order valence-corrected chi connectivity index (χ0v) is 20.7. The van der Waals surface area contributed by atoms with Crippen LogP contribution in [0.3, 0.4) is 0 Å². The largest absolute Gasteiger partial charge is 0.465 e. The van der Waals surface area contributed by atoms with E-state index in [0.29, 0.717) is 13.0 Å². The Labute approximate surface area is 203 Å². The van der Waals surface area contributed by atoms with Gasteiger partial charge in [0.05, 0.1) is 27.6 Å². The van der Waals surface area contributed by atoms with Gasteiger partial charge in [-0.15, -0.1) is 11.3 Å². The molecule has 0 spiro atoms. The Balaban J connectivity index is 1.58. The first kappa shape index (κ1) is 25.6. The summed E-state index contributed by atoms with van der Waals surface area (Å²) < 4.78 is 0. The first-order valence-electron chi connectivity index (χ1n) is 11.3. The fourth-order valence-corrected chi connectivity index (χ4v) is 4.87. The predicted molar refractivity (Wildman–Crippen MR) is 130 cm³/mol. The number of amides is 3. The van der Waals surface area contributed by atoms with Gasteiger partial charge in [-0.3, -0.25) is 9.59 Å². The van der Waals surface area contributed by atoms with E-state index in [1.807, 2.05) is 36.7 Å². The number of carbonyl (C=O) groups excluding carboxylic acids is 2. The number of benzene rings is 1. The number of hydrogen-bond donors (Lipinski definition) is 4. The molecule has 34 heavy (non-hydrogen) atoms. The van der Waals surface area contributed by atoms with Crippen LogP contribution in [0.25, 0.3) is 10.4 Å². The summed E-state index contributed by atoms with van der Waals surface area (Å²) in [6.45, 7) is 7.29. The molecule has 1 aromatic heterocycles. The number of carbonyl (C=O) groups is 3. The van der Waals surface area contributed by atoms with E-state index in [2.05, 4.69) is 15.6 Å². The van der Waals surface area contributed by atoms with Crippen LogP contribution in [0.1, 0.15) is 38.4 Å². The van der Waals surface area contributed by atoms with Crippen LogP contribution in [0.5, 0.6) is 0 Å². The van der Waals surface area contributed by atoms with E-state index in [1.165, 1.54) is 4.90 Å². The normalized spacial score (nSPS) is 19.0. The molecule has 3 amide bonds. The molecule has 3 rings (SSSR count). The van der Waals surface area contributed by atoms with Crippen LogP contribution < -0.4 is 10.6 Å². The molecule has 2 aromatic rings. The van der Waals surface area contributed by atoms with E-state index in [9.17, 15) is 19.5 Å². The van der Waals surface area contributed by atoms with Crippen molar-refractivity contribution in [2.24, 2.45) is 5.41 Å². The lowest BCUT2D eigenvalue weighted by Gasteiger charge is -2.36. The molecule has 4 N–H and O–H groups in total. The van der Waals surface area contributed by atoms with Crippen LogP contribution in [0.2, 0.25) is 0 Å². The molecule has 3 atom stereocenters. The number of rotatable bonds is 8. The molecule has 0 radical (unpaired) electrons. The van der Waals surface area contributed by atoms with Crippen LogP contribution in [0.4, 0.5) is 4.79 Å². The number of aryl methyl sites for hydroxylation is 1. The van der Waals surface area contributed by atoms with Crippen LogP contribution in [0, 0.1) is 12.3 Å². The fourth-order valence-electron chi connectivity index (χ4n) is 4.06. The Hall–Kier alpha value is -2.98. The molecule has 1 fully saturated rings. The lowest BCUT2D eigenvalue weighted by atomic mass is 9.83. The summed E-state index contributed by atoms with van der Waals surface area (Å²) in [4.78, 5) is 43.9. The number of nitrogens with one attached hydrogen (secondary N) is 2. The van der Waals surface area contributed by atoms with Gasteiger partial charge in [-0.05, 0) is 45.2 Å². The van der Waals surface area contributed by atoms with Crippen molar-refractivity contribution in [3.63, 3.8) is 0 Å². The Morgan fingerprint density at radius 3 is 2.53 bits per heavy atom. The summed E-state index contributed by atoms with van der Waals surface area (Å²) in [5, 5.41) is 24.4. The number of carboxylic acid groups (broad SMARTS) is 1. The van der Waals surface area contributed by atoms with Crippen LogP contribution in [0.15, 0.2) is 29.8 Å². The predicted octanol–water partition coefficient (Wildman–Crippen LogP) is 2.42. The fraction of sp³-hybridized carbons (Fsp3) is 0.500. The summed E-state index contributed by atoms with van der Waals surface area (Å²) in [6, 6.07) is 6.66. The van der Waals surface area contributed by atoms with E-state index in [1.54, 1.807) is 32.1 Å². The molecule has 1 saturated heterocycles. The Bertz CT molecular complexity index is 1040. The number of nitrogens with zero attached hydrogens (tertiary/aromatic N) is 2. The van der Waals surface area contributed by atoms with Gasteiger partial charge < -0.3 is 25.7 Å². The number of aliphatic hydroxyl groups is 1. The summed E-state index contributed by atoms with van der Waals surface area (Å²) in [5.41, 5.74) is 3.92. The van der Waals surface area contributed by atoms with Crippen LogP contribution in [-0.4, -0.2) is 69.3 Å². The van der Waals surface area contributed by atoms with Gasteiger partial charge in [-0.2, -0.15) is 0 Å². The molecule has 1 aliphatic heterocycles. The van der Waals surface area contributed by atoms with E-state index in [-0.39, 0.29) is 24.8 Å². The maximum absolute atomic E-state index is 13.2. The van der Waals surface area contributed by atoms with Gasteiger partial charge in [0.1, 0.15) is 6.04 Å². The highest BCUT2D eigenvalue weighted by Crippen LogP contribution is 2.30. The first-order chi connectivity index (χ1) is 16.0. The second-order valence-electron chi connectivity index (χ2n) is 9.26. The first-order valence-corrected chi connectivity index (χ1v) is 12.1. The number of aliphatic hydroxyl groups excluding tert-OH is 1. The average Bonchev–Trinajstić information content (AvgIpc) is 3.38. The van der Waals surface area contributed by atoms with Crippen molar-refractivity contribution >= 4 is 29.2 Å². The quantitative estimate of drug-likeness (QED) is 0.451. The van der Waals surface area contributed by atoms with Crippen molar-refractivity contribution in [2.75, 3.05) is 13.1 Å². The van der Waals surface area contributed by atoms with Crippen molar-refractivity contribution in [3.8, 4) is 10.4 Å². The van der Waals surface area contributed by atoms with Gasteiger partial charge in [0.15, 0.2) is 0 Å². The smallest absolute Gasteiger partial charge is 0.404 e. The summed E-state index contributed by atoms with van der Waals surface area (Å²) in [6.07, 6.45) is -1.25. The van der Waals surface area contributed by atoms with E-state index in [4.69, 9.17) is 5.11 Å². The molecule has 10 heteroatoms. The van der Waals surface area contributed by atoms with Crippen LogP contribution in [-0.2, 0) is 16.0 Å². The van der Waals surface area contributed by atoms with Gasteiger partial charge in [0.2, 0.25) is 11.8 Å². The summed E-state index contributed by atoms with van der Waals surface area (Å²) >= 11 is 1.60. The van der Waals surface area contributed by atoms with Crippen molar-refractivity contribution in [3.05, 3.63) is 41.0 Å². The van der Waals surface area contributed by atoms with Gasteiger partial charge in [0, 0.05) is 25.6 Å². The summed E-state index contributed by atoms with van der Waals surface area (Å²) in [5.74, 6) is -0.698. The molecular formula is C24H32N4O5S. The van der Waals surface area contributed by atoms with Crippen molar-refractivity contribution in [1.29, 1.82) is 0 Å². The molecule has 184 valence electrons. The third kappa shape index (κ3) is 5.74. The molecule has 9 nitrogen and oxygen atoms in total. The molecule has 0 unspecified atom stereocenters. The number of thiazole rings is 1. The van der Waals surface area contributed by atoms with Crippen molar-refractivity contribution in [1.82, 2.24) is 20.5 Å². The van der Waals surface area contributed by atoms with Gasteiger partial charge in [-0.1, -0.05) is 24.3 Å². The van der Waals surface area contributed by atoms with Gasteiger partial charge in [0.25, 0.3) is 0 Å². The third-order valence-corrected chi connectivity index (χ3v) is 7.47. The van der Waals surface area contributed by atoms with E-state index >= 15 is 0 Å². The number of likely N-dealkylation sites (tertiary alicyclic amines) is 1. The highest BCUT2D eigenvalue weighted by atomic mass is 32.1. The lowest BCUT2D eigenvalue weighted by molar-refractivity contribution is -0.146. The maximum Gasteiger partial charge on any atom is 0.404 e. The Kier molecular flexibility index (Phi) is 7.93. The molecule has 1 aliphatic rings. The average molecular weight is 489 g/mol. The topological polar surface area (TPSA) is 132 Å². The van der Waals surface area contributed by atoms with Crippen molar-refractivity contribution < 1.29 is 24.6 Å². The molecule has 0 aliphatic carbocycles. The number of hydrogen-bond acceptors (Lipinski definition) is 6. The molecular weight excluding hydrogens is 456 g/mol.